The normalized spacial score (nSPS) is 14.8. The van der Waals surface area contributed by atoms with Crippen molar-refractivity contribution < 1.29 is 8.83 Å². The van der Waals surface area contributed by atoms with Crippen LogP contribution in [-0.4, -0.2) is 69.7 Å². The molecule has 0 fully saturated rings. The zero-order valence-corrected chi connectivity index (χ0v) is 26.9. The molecule has 5 aromatic heterocycles. The number of aliphatic imine (C=N–C) groups is 2. The third-order valence-corrected chi connectivity index (χ3v) is 8.09. The summed E-state index contributed by atoms with van der Waals surface area (Å²) in [6.45, 7) is 3.18. The lowest BCUT2D eigenvalue weighted by molar-refractivity contribution is 0.200. The van der Waals surface area contributed by atoms with E-state index in [-0.39, 0.29) is 0 Å². The van der Waals surface area contributed by atoms with Crippen molar-refractivity contribution >= 4 is 41.2 Å². The third-order valence-electron chi connectivity index (χ3n) is 8.09. The second-order valence-corrected chi connectivity index (χ2v) is 11.6. The maximum absolute atomic E-state index is 5.37. The summed E-state index contributed by atoms with van der Waals surface area (Å²) in [7, 11) is 0. The number of hydrazine groups is 2. The van der Waals surface area contributed by atoms with Gasteiger partial charge in [-0.1, -0.05) is 69.4 Å². The van der Waals surface area contributed by atoms with Gasteiger partial charge in [0, 0.05) is 25.1 Å². The van der Waals surface area contributed by atoms with Gasteiger partial charge >= 0.3 is 0 Å². The molecule has 0 aliphatic carbocycles. The number of nitrogens with zero attached hydrogens (tertiary/aromatic N) is 13. The van der Waals surface area contributed by atoms with Gasteiger partial charge in [0.25, 0.3) is 0 Å². The molecular weight excluding hydrogens is 624 g/mol. The first kappa shape index (κ1) is 30.0. The fourth-order valence-corrected chi connectivity index (χ4v) is 5.63. The van der Waals surface area contributed by atoms with Gasteiger partial charge in [-0.2, -0.15) is 4.52 Å². The van der Waals surface area contributed by atoms with Gasteiger partial charge < -0.3 is 8.83 Å². The van der Waals surface area contributed by atoms with Crippen molar-refractivity contribution in [3.05, 3.63) is 96.4 Å². The van der Waals surface area contributed by atoms with Crippen molar-refractivity contribution in [1.29, 1.82) is 0 Å². The van der Waals surface area contributed by atoms with Gasteiger partial charge in [-0.25, -0.2) is 25.0 Å². The van der Waals surface area contributed by atoms with E-state index >= 15 is 0 Å². The molecule has 16 heteroatoms. The first-order valence-electron chi connectivity index (χ1n) is 16.4. The Kier molecular flexibility index (Phi) is 8.23. The molecule has 0 amide bonds. The standard InChI is InChI=1S/C17H23N7O.C16H11N7O/c1-2-3-4-5-6-7-10-22-12-19-17-15-16(18-13-23(17)22)21-24(20-15)14-9-8-11-25-14;1-2-5-11(6-3-1)9-12-18-16-14-15(17-10-22(16)19-12)21-23(20-14)13-7-4-8-24-13/h8-9,11-13,20H,2-7,10H2,1H3;1-8,10H,9H2. The summed E-state index contributed by atoms with van der Waals surface area (Å²) < 4.78 is 12.3. The predicted molar refractivity (Wildman–Crippen MR) is 182 cm³/mol. The van der Waals surface area contributed by atoms with Crippen molar-refractivity contribution in [3.63, 3.8) is 0 Å². The van der Waals surface area contributed by atoms with Gasteiger partial charge in [0.1, 0.15) is 24.7 Å². The Morgan fingerprint density at radius 1 is 0.796 bits per heavy atom. The van der Waals surface area contributed by atoms with E-state index < -0.39 is 0 Å². The van der Waals surface area contributed by atoms with Crippen LogP contribution in [0.4, 0.5) is 5.88 Å². The van der Waals surface area contributed by atoms with Crippen LogP contribution < -0.4 is 10.5 Å². The molecule has 0 atom stereocenters. The molecule has 3 aliphatic rings. The number of anilines is 1. The minimum absolute atomic E-state index is 0.498. The number of hydrazone groups is 1. The van der Waals surface area contributed by atoms with Gasteiger partial charge in [0.05, 0.1) is 12.5 Å². The molecule has 16 nitrogen and oxygen atoms in total. The SMILES string of the molecule is CCCCCCCCN1C=NC2=C3NN(c4ccco4)N=C3N=CN21.c1ccc(Cc2nc3c4nn(-c5ccco5)nc4ncn3n2)cc1. The molecule has 0 saturated carbocycles. The molecule has 248 valence electrons. The number of nitrogens with one attached hydrogen (secondary N) is 1. The van der Waals surface area contributed by atoms with E-state index in [4.69, 9.17) is 8.83 Å². The molecule has 3 aliphatic heterocycles. The van der Waals surface area contributed by atoms with Gasteiger partial charge in [-0.3, -0.25) is 10.4 Å². The first-order valence-corrected chi connectivity index (χ1v) is 16.4. The van der Waals surface area contributed by atoms with E-state index in [0.29, 0.717) is 46.7 Å². The van der Waals surface area contributed by atoms with Crippen LogP contribution in [0.25, 0.3) is 22.7 Å². The molecule has 9 rings (SSSR count). The lowest BCUT2D eigenvalue weighted by Crippen LogP contribution is -2.40. The number of rotatable bonds is 11. The highest BCUT2D eigenvalue weighted by Gasteiger charge is 2.34. The highest BCUT2D eigenvalue weighted by molar-refractivity contribution is 6.07. The Morgan fingerprint density at radius 3 is 2.43 bits per heavy atom. The number of aromatic nitrogens is 7. The van der Waals surface area contributed by atoms with Gasteiger partial charge in [0.2, 0.25) is 23.3 Å². The zero-order valence-electron chi connectivity index (χ0n) is 26.9. The Bertz CT molecular complexity index is 2150. The van der Waals surface area contributed by atoms with Crippen LogP contribution in [0.15, 0.2) is 109 Å². The molecule has 8 heterocycles. The van der Waals surface area contributed by atoms with E-state index in [0.717, 1.165) is 30.0 Å². The summed E-state index contributed by atoms with van der Waals surface area (Å²) in [4.78, 5) is 19.3. The average molecular weight is 659 g/mol. The Balaban J connectivity index is 0.000000142. The summed E-state index contributed by atoms with van der Waals surface area (Å²) in [5.74, 6) is 3.27. The fraction of sp³-hybridized carbons (Fsp3) is 0.273. The monoisotopic (exact) mass is 658 g/mol. The summed E-state index contributed by atoms with van der Waals surface area (Å²) in [6, 6.07) is 17.3. The maximum atomic E-state index is 5.37. The minimum Gasteiger partial charge on any atom is -0.446 e. The third kappa shape index (κ3) is 6.22. The topological polar surface area (TPSA) is 159 Å². The molecule has 1 N–H and O–H groups in total. The largest absolute Gasteiger partial charge is 0.446 e. The molecule has 0 spiro atoms. The quantitative estimate of drug-likeness (QED) is 0.185. The van der Waals surface area contributed by atoms with Crippen molar-refractivity contribution in [1.82, 2.24) is 50.0 Å². The van der Waals surface area contributed by atoms with Gasteiger partial charge in [-0.05, 0) is 24.1 Å². The smallest absolute Gasteiger partial charge is 0.238 e. The van der Waals surface area contributed by atoms with E-state index in [1.165, 1.54) is 36.9 Å². The summed E-state index contributed by atoms with van der Waals surface area (Å²) >= 11 is 0. The lowest BCUT2D eigenvalue weighted by Gasteiger charge is -2.28. The summed E-state index contributed by atoms with van der Waals surface area (Å²) in [5, 5.41) is 23.3. The van der Waals surface area contributed by atoms with Crippen LogP contribution in [-0.2, 0) is 6.42 Å². The number of hydrogen-bond acceptors (Lipinski definition) is 14. The maximum Gasteiger partial charge on any atom is 0.238 e. The second kappa shape index (κ2) is 13.4. The fourth-order valence-electron chi connectivity index (χ4n) is 5.63. The number of hydrogen-bond donors (Lipinski definition) is 1. The number of benzene rings is 1. The van der Waals surface area contributed by atoms with Crippen LogP contribution in [0.2, 0.25) is 0 Å². The van der Waals surface area contributed by atoms with Crippen molar-refractivity contribution in [2.45, 2.75) is 51.9 Å². The minimum atomic E-state index is 0.498. The van der Waals surface area contributed by atoms with Crippen LogP contribution in [0, 0.1) is 0 Å². The van der Waals surface area contributed by atoms with Crippen molar-refractivity contribution in [2.24, 2.45) is 15.1 Å². The van der Waals surface area contributed by atoms with Crippen LogP contribution >= 0.6 is 0 Å². The van der Waals surface area contributed by atoms with Crippen LogP contribution in [0.5, 0.6) is 0 Å². The Hall–Kier alpha value is -6.32. The Morgan fingerprint density at radius 2 is 1.61 bits per heavy atom. The molecule has 49 heavy (non-hydrogen) atoms. The molecule has 0 radical (unpaired) electrons. The first-order chi connectivity index (χ1) is 24.2. The summed E-state index contributed by atoms with van der Waals surface area (Å²) in [6.07, 6.45) is 16.7. The highest BCUT2D eigenvalue weighted by atomic mass is 16.4. The highest BCUT2D eigenvalue weighted by Crippen LogP contribution is 2.27. The van der Waals surface area contributed by atoms with Crippen molar-refractivity contribution in [2.75, 3.05) is 11.7 Å². The van der Waals surface area contributed by atoms with E-state index in [9.17, 15) is 0 Å². The number of unbranched alkanes of at least 4 members (excludes halogenated alkanes) is 5. The van der Waals surface area contributed by atoms with Gasteiger partial charge in [0.15, 0.2) is 22.8 Å². The van der Waals surface area contributed by atoms with Gasteiger partial charge in [-0.15, -0.1) is 30.3 Å². The van der Waals surface area contributed by atoms with E-state index in [2.05, 4.69) is 57.7 Å². The number of furan rings is 2. The van der Waals surface area contributed by atoms with E-state index in [1.807, 2.05) is 53.8 Å². The molecule has 6 aromatic rings. The molecular formula is C33H34N14O2. The number of fused-ring (bicyclic) bond motifs is 5. The molecule has 1 aromatic carbocycles. The van der Waals surface area contributed by atoms with Crippen LogP contribution in [0.1, 0.15) is 56.8 Å². The van der Waals surface area contributed by atoms with E-state index in [1.54, 1.807) is 47.0 Å². The second-order valence-electron chi connectivity index (χ2n) is 11.6. The van der Waals surface area contributed by atoms with Crippen molar-refractivity contribution in [3.8, 4) is 5.88 Å². The number of amidine groups is 1. The van der Waals surface area contributed by atoms with Crippen LogP contribution in [0.3, 0.4) is 0 Å². The molecule has 0 unspecified atom stereocenters. The average Bonchev–Trinajstić information content (AvgIpc) is 3.97. The summed E-state index contributed by atoms with van der Waals surface area (Å²) in [5.41, 5.74) is 6.85. The predicted octanol–water partition coefficient (Wildman–Crippen LogP) is 5.09. The molecule has 0 bridgehead atoms. The Labute approximate surface area is 280 Å². The zero-order chi connectivity index (χ0) is 33.0. The lowest BCUT2D eigenvalue weighted by atomic mass is 10.1. The molecule has 0 saturated heterocycles.